The number of anilines is 1. The molecule has 18 heavy (non-hydrogen) atoms. The third-order valence-electron chi connectivity index (χ3n) is 2.97. The summed E-state index contributed by atoms with van der Waals surface area (Å²) in [6.45, 7) is 2.89. The van der Waals surface area contributed by atoms with Crippen LogP contribution in [0.25, 0.3) is 0 Å². The van der Waals surface area contributed by atoms with E-state index in [1.807, 2.05) is 36.9 Å². The molecule has 3 nitrogen and oxygen atoms in total. The van der Waals surface area contributed by atoms with Crippen molar-refractivity contribution in [3.8, 4) is 0 Å². The predicted molar refractivity (Wildman–Crippen MR) is 78.6 cm³/mol. The number of hydrogen-bond donors (Lipinski definition) is 2. The molecule has 1 heterocycles. The number of amides is 1. The second-order valence-electron chi connectivity index (χ2n) is 4.39. The van der Waals surface area contributed by atoms with Crippen molar-refractivity contribution in [3.63, 3.8) is 0 Å². The lowest BCUT2D eigenvalue weighted by atomic mass is 10.1. The Morgan fingerprint density at radius 1 is 1.61 bits per heavy atom. The lowest BCUT2D eigenvalue weighted by molar-refractivity contribution is -0.116. The summed E-state index contributed by atoms with van der Waals surface area (Å²) in [6.07, 6.45) is 0.513. The van der Waals surface area contributed by atoms with E-state index in [9.17, 15) is 4.79 Å². The third kappa shape index (κ3) is 3.64. The average Bonchev–Trinajstić information content (AvgIpc) is 2.36. The Morgan fingerprint density at radius 3 is 3.17 bits per heavy atom. The van der Waals surface area contributed by atoms with Crippen LogP contribution < -0.4 is 10.6 Å². The fourth-order valence-corrected chi connectivity index (χ4v) is 3.04. The van der Waals surface area contributed by atoms with E-state index in [0.717, 1.165) is 29.3 Å². The molecule has 0 aromatic heterocycles. The first-order chi connectivity index (χ1) is 8.66. The van der Waals surface area contributed by atoms with Gasteiger partial charge in [-0.2, -0.15) is 11.8 Å². The van der Waals surface area contributed by atoms with Crippen molar-refractivity contribution in [2.24, 2.45) is 0 Å². The summed E-state index contributed by atoms with van der Waals surface area (Å²) in [7, 11) is 0. The minimum absolute atomic E-state index is 0.0420. The number of halogens is 1. The SMILES string of the molecule is Cc1c(Cl)cccc1NC(=O)CC1CSCCN1. The first kappa shape index (κ1) is 13.7. The Hall–Kier alpha value is -0.710. The fraction of sp³-hybridized carbons (Fsp3) is 0.462. The van der Waals surface area contributed by atoms with Gasteiger partial charge in [-0.3, -0.25) is 4.79 Å². The highest BCUT2D eigenvalue weighted by atomic mass is 35.5. The molecular weight excluding hydrogens is 268 g/mol. The van der Waals surface area contributed by atoms with Crippen LogP contribution in [0.4, 0.5) is 5.69 Å². The average molecular weight is 285 g/mol. The molecular formula is C13H17ClN2OS. The summed E-state index contributed by atoms with van der Waals surface area (Å²) in [5.74, 6) is 2.17. The molecule has 1 atom stereocenters. The van der Waals surface area contributed by atoms with Crippen LogP contribution in [0.3, 0.4) is 0 Å². The Balaban J connectivity index is 1.92. The minimum Gasteiger partial charge on any atom is -0.326 e. The Labute approximate surface area is 117 Å². The van der Waals surface area contributed by atoms with Gasteiger partial charge < -0.3 is 10.6 Å². The van der Waals surface area contributed by atoms with Crippen molar-refractivity contribution in [1.82, 2.24) is 5.32 Å². The van der Waals surface area contributed by atoms with Gasteiger partial charge in [-0.15, -0.1) is 0 Å². The summed E-state index contributed by atoms with van der Waals surface area (Å²) < 4.78 is 0. The van der Waals surface area contributed by atoms with Gasteiger partial charge in [0.25, 0.3) is 0 Å². The van der Waals surface area contributed by atoms with Crippen LogP contribution in [0.5, 0.6) is 0 Å². The molecule has 1 aliphatic heterocycles. The van der Waals surface area contributed by atoms with E-state index in [-0.39, 0.29) is 11.9 Å². The zero-order valence-corrected chi connectivity index (χ0v) is 11.9. The van der Waals surface area contributed by atoms with E-state index in [1.54, 1.807) is 0 Å². The van der Waals surface area contributed by atoms with E-state index >= 15 is 0 Å². The molecule has 1 unspecified atom stereocenters. The Morgan fingerprint density at radius 2 is 2.44 bits per heavy atom. The van der Waals surface area contributed by atoms with Crippen molar-refractivity contribution < 1.29 is 4.79 Å². The Bertz CT molecular complexity index is 433. The number of thioether (sulfide) groups is 1. The number of nitrogens with one attached hydrogen (secondary N) is 2. The fourth-order valence-electron chi connectivity index (χ4n) is 1.92. The van der Waals surface area contributed by atoms with Crippen LogP contribution in [-0.4, -0.2) is 30.0 Å². The zero-order valence-electron chi connectivity index (χ0n) is 10.3. The van der Waals surface area contributed by atoms with Gasteiger partial charge in [-0.25, -0.2) is 0 Å². The van der Waals surface area contributed by atoms with E-state index in [1.165, 1.54) is 0 Å². The van der Waals surface area contributed by atoms with Crippen LogP contribution in [0.15, 0.2) is 18.2 Å². The second kappa shape index (κ2) is 6.45. The molecule has 1 saturated heterocycles. The first-order valence-corrected chi connectivity index (χ1v) is 7.56. The van der Waals surface area contributed by atoms with Gasteiger partial charge in [0, 0.05) is 41.2 Å². The molecule has 5 heteroatoms. The second-order valence-corrected chi connectivity index (χ2v) is 5.95. The van der Waals surface area contributed by atoms with Crippen molar-refractivity contribution in [2.75, 3.05) is 23.4 Å². The van der Waals surface area contributed by atoms with Crippen LogP contribution in [0.1, 0.15) is 12.0 Å². The topological polar surface area (TPSA) is 41.1 Å². The molecule has 0 saturated carbocycles. The maximum atomic E-state index is 11.9. The molecule has 98 valence electrons. The van der Waals surface area contributed by atoms with Gasteiger partial charge in [0.05, 0.1) is 0 Å². The number of carbonyl (C=O) groups is 1. The molecule has 1 aromatic carbocycles. The largest absolute Gasteiger partial charge is 0.326 e. The van der Waals surface area contributed by atoms with Crippen LogP contribution in [0.2, 0.25) is 5.02 Å². The zero-order chi connectivity index (χ0) is 13.0. The lowest BCUT2D eigenvalue weighted by Gasteiger charge is -2.22. The molecule has 2 N–H and O–H groups in total. The summed E-state index contributed by atoms with van der Waals surface area (Å²) >= 11 is 7.92. The highest BCUT2D eigenvalue weighted by Crippen LogP contribution is 2.23. The van der Waals surface area contributed by atoms with Gasteiger partial charge >= 0.3 is 0 Å². The van der Waals surface area contributed by atoms with E-state index in [4.69, 9.17) is 11.6 Å². The van der Waals surface area contributed by atoms with Crippen molar-refractivity contribution in [3.05, 3.63) is 28.8 Å². The van der Waals surface area contributed by atoms with Gasteiger partial charge in [0.2, 0.25) is 5.91 Å². The van der Waals surface area contributed by atoms with Gasteiger partial charge in [-0.05, 0) is 24.6 Å². The molecule has 0 aliphatic carbocycles. The number of benzene rings is 1. The van der Waals surface area contributed by atoms with Gasteiger partial charge in [0.1, 0.15) is 0 Å². The standard InChI is InChI=1S/C13H17ClN2OS/c1-9-11(14)3-2-4-12(9)16-13(17)7-10-8-18-6-5-15-10/h2-4,10,15H,5-8H2,1H3,(H,16,17). The summed E-state index contributed by atoms with van der Waals surface area (Å²) in [6, 6.07) is 5.83. The molecule has 1 aliphatic rings. The summed E-state index contributed by atoms with van der Waals surface area (Å²) in [5.41, 5.74) is 1.72. The molecule has 0 spiro atoms. The lowest BCUT2D eigenvalue weighted by Crippen LogP contribution is -2.39. The summed E-state index contributed by atoms with van der Waals surface area (Å²) in [5, 5.41) is 6.96. The van der Waals surface area contributed by atoms with Crippen molar-refractivity contribution >= 4 is 35.0 Å². The van der Waals surface area contributed by atoms with Crippen LogP contribution >= 0.6 is 23.4 Å². The van der Waals surface area contributed by atoms with E-state index < -0.39 is 0 Å². The Kier molecular flexibility index (Phi) is 4.92. The van der Waals surface area contributed by atoms with Gasteiger partial charge in [-0.1, -0.05) is 17.7 Å². The monoisotopic (exact) mass is 284 g/mol. The highest BCUT2D eigenvalue weighted by molar-refractivity contribution is 7.99. The van der Waals surface area contributed by atoms with Crippen LogP contribution in [0, 0.1) is 6.92 Å². The first-order valence-electron chi connectivity index (χ1n) is 6.03. The predicted octanol–water partition coefficient (Wildman–Crippen LogP) is 2.68. The molecule has 1 amide bonds. The molecule has 2 rings (SSSR count). The minimum atomic E-state index is 0.0420. The maximum absolute atomic E-state index is 11.9. The van der Waals surface area contributed by atoms with Crippen molar-refractivity contribution in [2.45, 2.75) is 19.4 Å². The van der Waals surface area contributed by atoms with E-state index in [0.29, 0.717) is 11.4 Å². The molecule has 1 aromatic rings. The summed E-state index contributed by atoms with van der Waals surface area (Å²) in [4.78, 5) is 11.9. The molecule has 0 bridgehead atoms. The molecule has 0 radical (unpaired) electrons. The molecule has 1 fully saturated rings. The number of rotatable bonds is 3. The quantitative estimate of drug-likeness (QED) is 0.897. The van der Waals surface area contributed by atoms with Crippen LogP contribution in [-0.2, 0) is 4.79 Å². The van der Waals surface area contributed by atoms with Gasteiger partial charge in [0.15, 0.2) is 0 Å². The number of carbonyl (C=O) groups excluding carboxylic acids is 1. The normalized spacial score (nSPS) is 19.6. The highest BCUT2D eigenvalue weighted by Gasteiger charge is 2.17. The number of hydrogen-bond acceptors (Lipinski definition) is 3. The maximum Gasteiger partial charge on any atom is 0.225 e. The van der Waals surface area contributed by atoms with E-state index in [2.05, 4.69) is 10.6 Å². The van der Waals surface area contributed by atoms with Crippen molar-refractivity contribution in [1.29, 1.82) is 0 Å². The smallest absolute Gasteiger partial charge is 0.225 e. The third-order valence-corrected chi connectivity index (χ3v) is 4.51.